The predicted molar refractivity (Wildman–Crippen MR) is 58.1 cm³/mol. The lowest BCUT2D eigenvalue weighted by Gasteiger charge is -2.26. The van der Waals surface area contributed by atoms with E-state index in [1.807, 2.05) is 0 Å². The highest BCUT2D eigenvalue weighted by Crippen LogP contribution is 2.04. The average Bonchev–Trinajstić information content (AvgIpc) is 2.11. The molecule has 0 aliphatic rings. The summed E-state index contributed by atoms with van der Waals surface area (Å²) in [5.74, 6) is 0. The van der Waals surface area contributed by atoms with Crippen LogP contribution in [-0.2, 0) is 4.74 Å². The van der Waals surface area contributed by atoms with Gasteiger partial charge >= 0.3 is 0 Å². The molecule has 2 nitrogen and oxygen atoms in total. The number of ether oxygens (including phenoxy) is 1. The third-order valence-electron chi connectivity index (χ3n) is 2.28. The van der Waals surface area contributed by atoms with E-state index >= 15 is 0 Å². The van der Waals surface area contributed by atoms with Crippen LogP contribution in [-0.4, -0.2) is 36.7 Å². The molecule has 0 aromatic carbocycles. The van der Waals surface area contributed by atoms with Gasteiger partial charge in [0.15, 0.2) is 0 Å². The van der Waals surface area contributed by atoms with Gasteiger partial charge in [0.05, 0.1) is 12.2 Å². The summed E-state index contributed by atoms with van der Waals surface area (Å²) in [5, 5.41) is 0. The summed E-state index contributed by atoms with van der Waals surface area (Å²) in [6.45, 7) is 14.1. The molecule has 1 atom stereocenters. The van der Waals surface area contributed by atoms with Crippen LogP contribution in [0.1, 0.15) is 41.0 Å². The van der Waals surface area contributed by atoms with E-state index < -0.39 is 0 Å². The van der Waals surface area contributed by atoms with Gasteiger partial charge in [-0.05, 0) is 33.4 Å². The van der Waals surface area contributed by atoms with Crippen molar-refractivity contribution in [1.29, 1.82) is 0 Å². The second-order valence-electron chi connectivity index (χ2n) is 3.70. The Bertz CT molecular complexity index is 111. The molecule has 0 fully saturated rings. The van der Waals surface area contributed by atoms with Crippen molar-refractivity contribution in [2.24, 2.45) is 0 Å². The number of hydrogen-bond acceptors (Lipinski definition) is 2. The van der Waals surface area contributed by atoms with Crippen LogP contribution in [0, 0.1) is 0 Å². The Kier molecular flexibility index (Phi) is 7.29. The lowest BCUT2D eigenvalue weighted by atomic mass is 10.2. The van der Waals surface area contributed by atoms with Crippen LogP contribution in [0.3, 0.4) is 0 Å². The van der Waals surface area contributed by atoms with Gasteiger partial charge in [0.1, 0.15) is 0 Å². The topological polar surface area (TPSA) is 12.5 Å². The van der Waals surface area contributed by atoms with Crippen molar-refractivity contribution in [3.63, 3.8) is 0 Å². The van der Waals surface area contributed by atoms with Crippen molar-refractivity contribution >= 4 is 0 Å². The van der Waals surface area contributed by atoms with Crippen molar-refractivity contribution in [2.45, 2.75) is 53.2 Å². The number of rotatable bonds is 7. The number of likely N-dealkylation sites (N-methyl/N-ethyl adjacent to an activating group) is 1. The molecule has 80 valence electrons. The fourth-order valence-corrected chi connectivity index (χ4v) is 1.42. The molecule has 0 amide bonds. The molecule has 13 heavy (non-hydrogen) atoms. The van der Waals surface area contributed by atoms with Crippen molar-refractivity contribution < 1.29 is 4.74 Å². The molecule has 0 saturated heterocycles. The summed E-state index contributed by atoms with van der Waals surface area (Å²) >= 11 is 0. The number of hydrogen-bond donors (Lipinski definition) is 0. The SMILES string of the molecule is CCC(CN(CC)CC)OC(C)C. The fourth-order valence-electron chi connectivity index (χ4n) is 1.42. The molecule has 0 bridgehead atoms. The van der Waals surface area contributed by atoms with Gasteiger partial charge in [-0.3, -0.25) is 0 Å². The van der Waals surface area contributed by atoms with E-state index in [1.54, 1.807) is 0 Å². The maximum Gasteiger partial charge on any atom is 0.0702 e. The molecule has 0 saturated carbocycles. The lowest BCUT2D eigenvalue weighted by molar-refractivity contribution is -0.0122. The minimum absolute atomic E-state index is 0.348. The van der Waals surface area contributed by atoms with Gasteiger partial charge in [0, 0.05) is 6.54 Å². The molecule has 0 rings (SSSR count). The van der Waals surface area contributed by atoms with E-state index in [-0.39, 0.29) is 0 Å². The summed E-state index contributed by atoms with van der Waals surface area (Å²) in [6, 6.07) is 0. The number of nitrogens with zero attached hydrogens (tertiary/aromatic N) is 1. The third-order valence-corrected chi connectivity index (χ3v) is 2.28. The first-order chi connectivity index (χ1) is 6.13. The molecular formula is C11H25NO. The zero-order chi connectivity index (χ0) is 10.3. The van der Waals surface area contributed by atoms with E-state index in [2.05, 4.69) is 39.5 Å². The zero-order valence-corrected chi connectivity index (χ0v) is 9.84. The Balaban J connectivity index is 3.80. The highest BCUT2D eigenvalue weighted by atomic mass is 16.5. The van der Waals surface area contributed by atoms with Crippen LogP contribution in [0.25, 0.3) is 0 Å². The van der Waals surface area contributed by atoms with Gasteiger partial charge in [-0.15, -0.1) is 0 Å². The van der Waals surface area contributed by atoms with Gasteiger partial charge in [-0.2, -0.15) is 0 Å². The monoisotopic (exact) mass is 187 g/mol. The van der Waals surface area contributed by atoms with Gasteiger partial charge in [0.2, 0.25) is 0 Å². The average molecular weight is 187 g/mol. The third kappa shape index (κ3) is 6.05. The molecule has 0 heterocycles. The van der Waals surface area contributed by atoms with Crippen LogP contribution < -0.4 is 0 Å². The van der Waals surface area contributed by atoms with E-state index in [0.717, 1.165) is 26.1 Å². The largest absolute Gasteiger partial charge is 0.374 e. The smallest absolute Gasteiger partial charge is 0.0702 e. The molecule has 0 spiro atoms. The summed E-state index contributed by atoms with van der Waals surface area (Å²) in [5.41, 5.74) is 0. The molecular weight excluding hydrogens is 162 g/mol. The van der Waals surface area contributed by atoms with Crippen LogP contribution in [0.5, 0.6) is 0 Å². The first-order valence-electron chi connectivity index (χ1n) is 5.51. The Hall–Kier alpha value is -0.0800. The van der Waals surface area contributed by atoms with Gasteiger partial charge in [0.25, 0.3) is 0 Å². The summed E-state index contributed by atoms with van der Waals surface area (Å²) in [4.78, 5) is 2.41. The lowest BCUT2D eigenvalue weighted by Crippen LogP contribution is -2.34. The molecule has 0 N–H and O–H groups in total. The normalized spacial score (nSPS) is 14.1. The highest BCUT2D eigenvalue weighted by Gasteiger charge is 2.11. The summed E-state index contributed by atoms with van der Waals surface area (Å²) in [6.07, 6.45) is 1.86. The first-order valence-corrected chi connectivity index (χ1v) is 5.51. The molecule has 0 aliphatic heterocycles. The molecule has 1 unspecified atom stereocenters. The molecule has 0 radical (unpaired) electrons. The van der Waals surface area contributed by atoms with Crippen LogP contribution in [0.15, 0.2) is 0 Å². The van der Waals surface area contributed by atoms with Crippen LogP contribution >= 0.6 is 0 Å². The van der Waals surface area contributed by atoms with Gasteiger partial charge < -0.3 is 9.64 Å². The summed E-state index contributed by atoms with van der Waals surface area (Å²) < 4.78 is 5.79. The van der Waals surface area contributed by atoms with Crippen LogP contribution in [0.4, 0.5) is 0 Å². The van der Waals surface area contributed by atoms with Crippen LogP contribution in [0.2, 0.25) is 0 Å². The molecule has 0 aliphatic carbocycles. The Morgan fingerprint density at radius 3 is 1.92 bits per heavy atom. The molecule has 0 aromatic heterocycles. The van der Waals surface area contributed by atoms with Gasteiger partial charge in [-0.1, -0.05) is 20.8 Å². The summed E-state index contributed by atoms with van der Waals surface area (Å²) in [7, 11) is 0. The zero-order valence-electron chi connectivity index (χ0n) is 9.84. The maximum atomic E-state index is 5.79. The predicted octanol–water partition coefficient (Wildman–Crippen LogP) is 2.53. The Morgan fingerprint density at radius 2 is 1.62 bits per heavy atom. The van der Waals surface area contributed by atoms with E-state index in [9.17, 15) is 0 Å². The Labute approximate surface area is 83.3 Å². The second-order valence-corrected chi connectivity index (χ2v) is 3.70. The molecule has 0 aromatic rings. The van der Waals surface area contributed by atoms with E-state index in [1.165, 1.54) is 0 Å². The first kappa shape index (κ1) is 12.9. The molecule has 2 heteroatoms. The van der Waals surface area contributed by atoms with Crippen molar-refractivity contribution in [3.8, 4) is 0 Å². The van der Waals surface area contributed by atoms with E-state index in [4.69, 9.17) is 4.74 Å². The fraction of sp³-hybridized carbons (Fsp3) is 1.00. The quantitative estimate of drug-likeness (QED) is 0.607. The van der Waals surface area contributed by atoms with Crippen molar-refractivity contribution in [3.05, 3.63) is 0 Å². The van der Waals surface area contributed by atoms with Crippen molar-refractivity contribution in [1.82, 2.24) is 4.90 Å². The minimum atomic E-state index is 0.348. The highest BCUT2D eigenvalue weighted by molar-refractivity contribution is 4.63. The van der Waals surface area contributed by atoms with Gasteiger partial charge in [-0.25, -0.2) is 0 Å². The second kappa shape index (κ2) is 7.34. The van der Waals surface area contributed by atoms with Crippen molar-refractivity contribution in [2.75, 3.05) is 19.6 Å². The maximum absolute atomic E-state index is 5.79. The minimum Gasteiger partial charge on any atom is -0.374 e. The Morgan fingerprint density at radius 1 is 1.08 bits per heavy atom. The standard InChI is InChI=1S/C11H25NO/c1-6-11(13-10(4)5)9-12(7-2)8-3/h10-11H,6-9H2,1-5H3. The van der Waals surface area contributed by atoms with E-state index in [0.29, 0.717) is 12.2 Å².